The normalized spacial score (nSPS) is 10.6. The second-order valence-electron chi connectivity index (χ2n) is 5.32. The van der Waals surface area contributed by atoms with E-state index >= 15 is 0 Å². The molecular formula is C17H14Cl3N5. The third-order valence-corrected chi connectivity index (χ3v) is 4.30. The van der Waals surface area contributed by atoms with Crippen LogP contribution in [0.5, 0.6) is 0 Å². The Kier molecular flexibility index (Phi) is 5.18. The van der Waals surface area contributed by atoms with Crippen LogP contribution in [0.15, 0.2) is 42.7 Å². The number of rotatable bonds is 4. The van der Waals surface area contributed by atoms with Crippen LogP contribution in [0.1, 0.15) is 5.56 Å². The SMILES string of the molecule is Cc1ccc(Cl)cc1Nc1ncnc(Nc2ccc(Cl)cc2Cl)c1N. The zero-order chi connectivity index (χ0) is 18.0. The van der Waals surface area contributed by atoms with Crippen molar-refractivity contribution < 1.29 is 0 Å². The predicted octanol–water partition coefficient (Wildman–Crippen LogP) is 5.81. The van der Waals surface area contributed by atoms with Gasteiger partial charge in [0.1, 0.15) is 12.0 Å². The van der Waals surface area contributed by atoms with Crippen LogP contribution in [0.3, 0.4) is 0 Å². The van der Waals surface area contributed by atoms with Crippen molar-refractivity contribution in [3.8, 4) is 0 Å². The average molecular weight is 395 g/mol. The summed E-state index contributed by atoms with van der Waals surface area (Å²) in [5, 5.41) is 7.89. The van der Waals surface area contributed by atoms with Crippen LogP contribution >= 0.6 is 34.8 Å². The van der Waals surface area contributed by atoms with Gasteiger partial charge in [0.25, 0.3) is 0 Å². The number of halogens is 3. The predicted molar refractivity (Wildman–Crippen MR) is 106 cm³/mol. The van der Waals surface area contributed by atoms with E-state index in [-0.39, 0.29) is 0 Å². The van der Waals surface area contributed by atoms with Crippen LogP contribution in [0.2, 0.25) is 15.1 Å². The molecule has 0 unspecified atom stereocenters. The summed E-state index contributed by atoms with van der Waals surface area (Å²) in [6.07, 6.45) is 1.41. The lowest BCUT2D eigenvalue weighted by atomic mass is 10.2. The number of nitrogens with zero attached hydrogens (tertiary/aromatic N) is 2. The zero-order valence-corrected chi connectivity index (χ0v) is 15.4. The number of anilines is 5. The van der Waals surface area contributed by atoms with E-state index in [4.69, 9.17) is 40.5 Å². The topological polar surface area (TPSA) is 75.9 Å². The van der Waals surface area contributed by atoms with Crippen molar-refractivity contribution in [2.24, 2.45) is 0 Å². The Morgan fingerprint density at radius 1 is 0.840 bits per heavy atom. The molecule has 4 N–H and O–H groups in total. The maximum absolute atomic E-state index is 6.19. The molecule has 3 rings (SSSR count). The Labute approximate surface area is 160 Å². The number of nitrogens with two attached hydrogens (primary N) is 1. The van der Waals surface area contributed by atoms with Gasteiger partial charge in [0.15, 0.2) is 11.6 Å². The first-order valence-corrected chi connectivity index (χ1v) is 8.43. The highest BCUT2D eigenvalue weighted by molar-refractivity contribution is 6.36. The fourth-order valence-electron chi connectivity index (χ4n) is 2.17. The van der Waals surface area contributed by atoms with E-state index < -0.39 is 0 Å². The van der Waals surface area contributed by atoms with Crippen LogP contribution in [0.25, 0.3) is 0 Å². The molecule has 0 saturated heterocycles. The molecule has 1 heterocycles. The van der Waals surface area contributed by atoms with Gasteiger partial charge in [-0.15, -0.1) is 0 Å². The molecule has 0 radical (unpaired) electrons. The number of hydrogen-bond donors (Lipinski definition) is 3. The molecular weight excluding hydrogens is 381 g/mol. The number of hydrogen-bond acceptors (Lipinski definition) is 5. The molecule has 2 aromatic carbocycles. The van der Waals surface area contributed by atoms with Crippen LogP contribution < -0.4 is 16.4 Å². The quantitative estimate of drug-likeness (QED) is 0.520. The Balaban J connectivity index is 1.91. The molecule has 1 aromatic heterocycles. The highest BCUT2D eigenvalue weighted by atomic mass is 35.5. The molecule has 0 aliphatic heterocycles. The van der Waals surface area contributed by atoms with Crippen molar-refractivity contribution in [3.05, 3.63) is 63.4 Å². The second kappa shape index (κ2) is 7.35. The van der Waals surface area contributed by atoms with Gasteiger partial charge in [0, 0.05) is 15.7 Å². The molecule has 0 amide bonds. The zero-order valence-electron chi connectivity index (χ0n) is 13.1. The largest absolute Gasteiger partial charge is 0.393 e. The highest BCUT2D eigenvalue weighted by Crippen LogP contribution is 2.33. The number of aromatic nitrogens is 2. The van der Waals surface area contributed by atoms with Gasteiger partial charge >= 0.3 is 0 Å². The number of benzene rings is 2. The maximum Gasteiger partial charge on any atom is 0.159 e. The molecule has 0 bridgehead atoms. The van der Waals surface area contributed by atoms with E-state index in [1.54, 1.807) is 18.2 Å². The molecule has 5 nitrogen and oxygen atoms in total. The Hall–Kier alpha value is -2.21. The fraction of sp³-hybridized carbons (Fsp3) is 0.0588. The van der Waals surface area contributed by atoms with Gasteiger partial charge in [-0.3, -0.25) is 0 Å². The standard InChI is InChI=1S/C17H14Cl3N5/c1-9-2-3-11(19)7-14(9)25-17-15(21)16(22-8-23-17)24-13-5-4-10(18)6-12(13)20/h2-8H,21H2,1H3,(H2,22,23,24,25). The van der Waals surface area contributed by atoms with E-state index in [0.717, 1.165) is 11.3 Å². The summed E-state index contributed by atoms with van der Waals surface area (Å²) in [5.74, 6) is 0.898. The van der Waals surface area contributed by atoms with Gasteiger partial charge in [-0.25, -0.2) is 9.97 Å². The summed E-state index contributed by atoms with van der Waals surface area (Å²) in [6, 6.07) is 10.6. The lowest BCUT2D eigenvalue weighted by Crippen LogP contribution is -2.06. The van der Waals surface area contributed by atoms with Gasteiger partial charge < -0.3 is 16.4 Å². The monoisotopic (exact) mass is 393 g/mol. The fourth-order valence-corrected chi connectivity index (χ4v) is 2.80. The number of aryl methyl sites for hydroxylation is 1. The summed E-state index contributed by atoms with van der Waals surface area (Å²) in [5.41, 5.74) is 9.01. The third kappa shape index (κ3) is 4.07. The summed E-state index contributed by atoms with van der Waals surface area (Å²) in [4.78, 5) is 8.37. The van der Waals surface area contributed by atoms with Crippen LogP contribution in [-0.2, 0) is 0 Å². The first-order valence-electron chi connectivity index (χ1n) is 7.30. The molecule has 0 aliphatic rings. The van der Waals surface area contributed by atoms with Crippen molar-refractivity contribution in [1.82, 2.24) is 9.97 Å². The minimum absolute atomic E-state index is 0.355. The van der Waals surface area contributed by atoms with Crippen molar-refractivity contribution >= 4 is 63.5 Å². The second-order valence-corrected chi connectivity index (χ2v) is 6.60. The maximum atomic E-state index is 6.19. The van der Waals surface area contributed by atoms with Crippen LogP contribution in [0.4, 0.5) is 28.7 Å². The molecule has 8 heteroatoms. The Bertz CT molecular complexity index is 930. The van der Waals surface area contributed by atoms with Gasteiger partial charge in [-0.05, 0) is 42.8 Å². The molecule has 128 valence electrons. The van der Waals surface area contributed by atoms with E-state index in [1.165, 1.54) is 6.33 Å². The lowest BCUT2D eigenvalue weighted by molar-refractivity contribution is 1.17. The molecule has 0 saturated carbocycles. The van der Waals surface area contributed by atoms with Crippen molar-refractivity contribution in [1.29, 1.82) is 0 Å². The third-order valence-electron chi connectivity index (χ3n) is 3.52. The smallest absolute Gasteiger partial charge is 0.159 e. The van der Waals surface area contributed by atoms with Gasteiger partial charge in [-0.1, -0.05) is 40.9 Å². The summed E-state index contributed by atoms with van der Waals surface area (Å²) in [7, 11) is 0. The van der Waals surface area contributed by atoms with E-state index in [1.807, 2.05) is 25.1 Å². The number of nitrogen functional groups attached to an aromatic ring is 1. The molecule has 25 heavy (non-hydrogen) atoms. The van der Waals surface area contributed by atoms with Crippen LogP contribution in [0, 0.1) is 6.92 Å². The molecule has 0 atom stereocenters. The van der Waals surface area contributed by atoms with E-state index in [0.29, 0.717) is 38.1 Å². The minimum atomic E-state index is 0.355. The Morgan fingerprint density at radius 2 is 1.44 bits per heavy atom. The van der Waals surface area contributed by atoms with Gasteiger partial charge in [-0.2, -0.15) is 0 Å². The molecule has 0 fully saturated rings. The molecule has 3 aromatic rings. The first-order chi connectivity index (χ1) is 11.9. The minimum Gasteiger partial charge on any atom is -0.393 e. The molecule has 0 spiro atoms. The lowest BCUT2D eigenvalue weighted by Gasteiger charge is -2.14. The average Bonchev–Trinajstić information content (AvgIpc) is 2.57. The van der Waals surface area contributed by atoms with E-state index in [2.05, 4.69) is 20.6 Å². The highest BCUT2D eigenvalue weighted by Gasteiger charge is 2.11. The molecule has 0 aliphatic carbocycles. The van der Waals surface area contributed by atoms with Crippen molar-refractivity contribution in [3.63, 3.8) is 0 Å². The van der Waals surface area contributed by atoms with Gasteiger partial charge in [0.05, 0.1) is 10.7 Å². The van der Waals surface area contributed by atoms with Crippen molar-refractivity contribution in [2.45, 2.75) is 6.92 Å². The summed E-state index contributed by atoms with van der Waals surface area (Å²) < 4.78 is 0. The van der Waals surface area contributed by atoms with E-state index in [9.17, 15) is 0 Å². The first kappa shape index (κ1) is 17.6. The summed E-state index contributed by atoms with van der Waals surface area (Å²) in [6.45, 7) is 1.96. The number of nitrogens with one attached hydrogen (secondary N) is 2. The Morgan fingerprint density at radius 3 is 2.12 bits per heavy atom. The van der Waals surface area contributed by atoms with Crippen LogP contribution in [-0.4, -0.2) is 9.97 Å². The van der Waals surface area contributed by atoms with Crippen molar-refractivity contribution in [2.75, 3.05) is 16.4 Å². The summed E-state index contributed by atoms with van der Waals surface area (Å²) >= 11 is 18.1. The van der Waals surface area contributed by atoms with Gasteiger partial charge in [0.2, 0.25) is 0 Å².